The Morgan fingerprint density at radius 1 is 1.44 bits per heavy atom. The van der Waals surface area contributed by atoms with E-state index in [1.54, 1.807) is 4.90 Å². The van der Waals surface area contributed by atoms with Crippen molar-refractivity contribution < 1.29 is 4.79 Å². The molecule has 1 heterocycles. The first-order valence-electron chi connectivity index (χ1n) is 5.19. The highest BCUT2D eigenvalue weighted by atomic mass is 35.5. The average Bonchev–Trinajstić information content (AvgIpc) is 2.27. The quantitative estimate of drug-likeness (QED) is 0.469. The summed E-state index contributed by atoms with van der Waals surface area (Å²) < 4.78 is 0. The Bertz CT molecular complexity index is 429. The lowest BCUT2D eigenvalue weighted by atomic mass is 10.0. The number of halogens is 1. The van der Waals surface area contributed by atoms with Crippen LogP contribution in [0.3, 0.4) is 0 Å². The van der Waals surface area contributed by atoms with Crippen LogP contribution in [0.4, 0.5) is 0 Å². The van der Waals surface area contributed by atoms with Gasteiger partial charge in [-0.15, -0.1) is 0 Å². The Kier molecular flexibility index (Phi) is 3.26. The Hall–Kier alpha value is -0.930. The van der Waals surface area contributed by atoms with Gasteiger partial charge in [-0.05, 0) is 24.6 Å². The molecule has 2 rings (SSSR count). The van der Waals surface area contributed by atoms with Gasteiger partial charge in [0.25, 0.3) is 0 Å². The molecule has 4 heteroatoms. The zero-order valence-corrected chi connectivity index (χ0v) is 10.5. The Labute approximate surface area is 105 Å². The molecule has 84 valence electrons. The van der Waals surface area contributed by atoms with Gasteiger partial charge in [0.1, 0.15) is 0 Å². The highest BCUT2D eigenvalue weighted by Crippen LogP contribution is 2.19. The second-order valence-corrected chi connectivity index (χ2v) is 4.76. The predicted octanol–water partition coefficient (Wildman–Crippen LogP) is 2.68. The number of hydrogen-bond acceptors (Lipinski definition) is 2. The van der Waals surface area contributed by atoms with Crippen molar-refractivity contribution in [2.75, 3.05) is 6.54 Å². The smallest absolute Gasteiger partial charge is 0.224 e. The average molecular weight is 254 g/mol. The minimum atomic E-state index is -0.00238. The molecule has 0 N–H and O–H groups in total. The molecule has 0 bridgehead atoms. The summed E-state index contributed by atoms with van der Waals surface area (Å²) in [6.45, 7) is 2.78. The van der Waals surface area contributed by atoms with Gasteiger partial charge >= 0.3 is 0 Å². The summed E-state index contributed by atoms with van der Waals surface area (Å²) in [5.41, 5.74) is 0.964. The maximum Gasteiger partial charge on any atom is 0.224 e. The fourth-order valence-electron chi connectivity index (χ4n) is 1.74. The minimum Gasteiger partial charge on any atom is -0.334 e. The second-order valence-electron chi connectivity index (χ2n) is 3.88. The van der Waals surface area contributed by atoms with Crippen molar-refractivity contribution in [1.29, 1.82) is 0 Å². The van der Waals surface area contributed by atoms with Gasteiger partial charge in [-0.2, -0.15) is 0 Å². The lowest BCUT2D eigenvalue weighted by molar-refractivity contribution is -0.140. The lowest BCUT2D eigenvalue weighted by Crippen LogP contribution is -2.51. The van der Waals surface area contributed by atoms with Crippen LogP contribution >= 0.6 is 23.8 Å². The Balaban J connectivity index is 2.12. The number of benzene rings is 1. The van der Waals surface area contributed by atoms with Crippen LogP contribution in [0.15, 0.2) is 24.3 Å². The monoisotopic (exact) mass is 253 g/mol. The lowest BCUT2D eigenvalue weighted by Gasteiger charge is -2.36. The molecular formula is C12H12ClNOS. The van der Waals surface area contributed by atoms with E-state index >= 15 is 0 Å². The Morgan fingerprint density at radius 3 is 2.50 bits per heavy atom. The maximum absolute atomic E-state index is 11.3. The van der Waals surface area contributed by atoms with Crippen LogP contribution in [0.5, 0.6) is 0 Å². The molecule has 0 spiro atoms. The summed E-state index contributed by atoms with van der Waals surface area (Å²) >= 11 is 11.2. The third kappa shape index (κ3) is 2.11. The first-order valence-corrected chi connectivity index (χ1v) is 5.97. The molecule has 1 saturated heterocycles. The van der Waals surface area contributed by atoms with E-state index in [1.165, 1.54) is 0 Å². The third-order valence-electron chi connectivity index (χ3n) is 2.86. The van der Waals surface area contributed by atoms with Gasteiger partial charge in [0.2, 0.25) is 5.91 Å². The summed E-state index contributed by atoms with van der Waals surface area (Å²) in [6, 6.07) is 7.41. The second kappa shape index (κ2) is 4.52. The number of thiocarbonyl (C=S) groups is 1. The molecule has 0 aliphatic carbocycles. The van der Waals surface area contributed by atoms with Gasteiger partial charge in [-0.1, -0.05) is 36.0 Å². The van der Waals surface area contributed by atoms with Gasteiger partial charge in [0.05, 0.1) is 6.04 Å². The molecule has 1 amide bonds. The van der Waals surface area contributed by atoms with Crippen LogP contribution in [0.25, 0.3) is 0 Å². The fourth-order valence-corrected chi connectivity index (χ4v) is 2.13. The maximum atomic E-state index is 11.3. The standard InChI is InChI=1S/C12H12ClNOS/c1-8(14-7-6-11(14)15)12(16)9-2-4-10(13)5-3-9/h2-5,8H,6-7H2,1H3/t8-/m1/s1. The first-order chi connectivity index (χ1) is 7.59. The van der Waals surface area contributed by atoms with Gasteiger partial charge in [0.15, 0.2) is 0 Å². The van der Waals surface area contributed by atoms with E-state index in [9.17, 15) is 4.79 Å². The topological polar surface area (TPSA) is 20.3 Å². The van der Waals surface area contributed by atoms with Gasteiger partial charge in [-0.25, -0.2) is 0 Å². The number of nitrogens with zero attached hydrogens (tertiary/aromatic N) is 1. The molecule has 0 saturated carbocycles. The summed E-state index contributed by atoms with van der Waals surface area (Å²) in [5.74, 6) is 0.184. The van der Waals surface area contributed by atoms with Crippen LogP contribution in [-0.4, -0.2) is 28.3 Å². The van der Waals surface area contributed by atoms with E-state index in [-0.39, 0.29) is 11.9 Å². The van der Waals surface area contributed by atoms with E-state index in [4.69, 9.17) is 23.8 Å². The predicted molar refractivity (Wildman–Crippen MR) is 68.9 cm³/mol. The largest absolute Gasteiger partial charge is 0.334 e. The van der Waals surface area contributed by atoms with E-state index in [0.29, 0.717) is 11.4 Å². The SMILES string of the molecule is C[C@H](C(=S)c1ccc(Cl)cc1)N1CCC1=O. The summed E-state index contributed by atoms with van der Waals surface area (Å²) in [4.78, 5) is 13.9. The van der Waals surface area contributed by atoms with Crippen molar-refractivity contribution in [3.05, 3.63) is 34.9 Å². The highest BCUT2D eigenvalue weighted by Gasteiger charge is 2.30. The number of rotatable bonds is 3. The van der Waals surface area contributed by atoms with E-state index in [2.05, 4.69) is 0 Å². The third-order valence-corrected chi connectivity index (χ3v) is 3.69. The molecular weight excluding hydrogens is 242 g/mol. The molecule has 1 atom stereocenters. The molecule has 1 aliphatic heterocycles. The summed E-state index contributed by atoms with van der Waals surface area (Å²) in [5, 5.41) is 0.694. The van der Waals surface area contributed by atoms with E-state index < -0.39 is 0 Å². The van der Waals surface area contributed by atoms with Crippen molar-refractivity contribution in [3.8, 4) is 0 Å². The van der Waals surface area contributed by atoms with Gasteiger partial charge < -0.3 is 4.90 Å². The molecule has 1 aromatic rings. The van der Waals surface area contributed by atoms with Gasteiger partial charge in [0, 0.05) is 22.9 Å². The molecule has 0 radical (unpaired) electrons. The zero-order chi connectivity index (χ0) is 11.7. The molecule has 0 aromatic heterocycles. The van der Waals surface area contributed by atoms with Crippen LogP contribution in [0, 0.1) is 0 Å². The number of β-lactam (4-membered cyclic amide) rings is 1. The summed E-state index contributed by atoms with van der Waals surface area (Å²) in [6.07, 6.45) is 0.646. The van der Waals surface area contributed by atoms with Crippen molar-refractivity contribution in [1.82, 2.24) is 4.90 Å². The van der Waals surface area contributed by atoms with E-state index in [1.807, 2.05) is 31.2 Å². The number of carbonyl (C=O) groups excluding carboxylic acids is 1. The van der Waals surface area contributed by atoms with Crippen LogP contribution < -0.4 is 0 Å². The van der Waals surface area contributed by atoms with Crippen molar-refractivity contribution in [2.24, 2.45) is 0 Å². The van der Waals surface area contributed by atoms with Gasteiger partial charge in [-0.3, -0.25) is 4.79 Å². The first kappa shape index (κ1) is 11.6. The van der Waals surface area contributed by atoms with Crippen LogP contribution in [-0.2, 0) is 4.79 Å². The molecule has 0 unspecified atom stereocenters. The van der Waals surface area contributed by atoms with Crippen molar-refractivity contribution in [2.45, 2.75) is 19.4 Å². The highest BCUT2D eigenvalue weighted by molar-refractivity contribution is 7.81. The zero-order valence-electron chi connectivity index (χ0n) is 8.94. The molecule has 16 heavy (non-hydrogen) atoms. The summed E-state index contributed by atoms with van der Waals surface area (Å²) in [7, 11) is 0. The van der Waals surface area contributed by atoms with Crippen molar-refractivity contribution >= 4 is 34.6 Å². The normalized spacial score (nSPS) is 16.9. The number of likely N-dealkylation sites (tertiary alicyclic amines) is 1. The molecule has 1 aliphatic rings. The number of carbonyl (C=O) groups is 1. The van der Waals surface area contributed by atoms with E-state index in [0.717, 1.165) is 17.0 Å². The molecule has 1 aromatic carbocycles. The van der Waals surface area contributed by atoms with Crippen molar-refractivity contribution in [3.63, 3.8) is 0 Å². The Morgan fingerprint density at radius 2 is 2.06 bits per heavy atom. The fraction of sp³-hybridized carbons (Fsp3) is 0.333. The molecule has 2 nitrogen and oxygen atoms in total. The van der Waals surface area contributed by atoms with Crippen LogP contribution in [0.2, 0.25) is 5.02 Å². The number of hydrogen-bond donors (Lipinski definition) is 0. The minimum absolute atomic E-state index is 0.00238. The molecule has 1 fully saturated rings. The van der Waals surface area contributed by atoms with Crippen LogP contribution in [0.1, 0.15) is 18.9 Å². The number of amides is 1.